The zero-order valence-electron chi connectivity index (χ0n) is 42.6. The van der Waals surface area contributed by atoms with Gasteiger partial charge in [-0.15, -0.1) is 0 Å². The number of ether oxygens (including phenoxy) is 3. The van der Waals surface area contributed by atoms with Gasteiger partial charge >= 0.3 is 18.0 Å². The minimum atomic E-state index is -3.71. The summed E-state index contributed by atoms with van der Waals surface area (Å²) in [4.78, 5) is 31.9. The Balaban J connectivity index is 0.956. The van der Waals surface area contributed by atoms with Gasteiger partial charge in [0.15, 0.2) is 11.6 Å². The summed E-state index contributed by atoms with van der Waals surface area (Å²) in [7, 11) is 3.14. The lowest BCUT2D eigenvalue weighted by molar-refractivity contribution is -0.0599. The molecule has 5 N–H and O–H groups in total. The van der Waals surface area contributed by atoms with E-state index in [0.29, 0.717) is 104 Å². The van der Waals surface area contributed by atoms with Crippen molar-refractivity contribution in [1.82, 2.24) is 40.0 Å². The van der Waals surface area contributed by atoms with Crippen LogP contribution in [0.5, 0.6) is 0 Å². The number of aliphatic hydroxyl groups is 1. The summed E-state index contributed by atoms with van der Waals surface area (Å²) in [6.07, 6.45) is 0.836. The molecule has 8 rings (SSSR count). The molecule has 76 heavy (non-hydrogen) atoms. The summed E-state index contributed by atoms with van der Waals surface area (Å²) in [6.45, 7) is 5.01. The second-order valence-electron chi connectivity index (χ2n) is 19.1. The summed E-state index contributed by atoms with van der Waals surface area (Å²) in [5.41, 5.74) is 2.81. The van der Waals surface area contributed by atoms with Gasteiger partial charge in [-0.25, -0.2) is 36.5 Å². The number of hydrogen-bond donors (Lipinski definition) is 5. The highest BCUT2D eigenvalue weighted by Gasteiger charge is 2.40. The van der Waals surface area contributed by atoms with Crippen LogP contribution in [0.25, 0.3) is 11.4 Å². The average molecular weight is 1060 g/mol. The van der Waals surface area contributed by atoms with Crippen LogP contribution < -0.4 is 21.3 Å². The van der Waals surface area contributed by atoms with Gasteiger partial charge in [0.1, 0.15) is 35.6 Å². The second-order valence-corrected chi connectivity index (χ2v) is 19.1. The number of benzene rings is 4. The number of alkyl halides is 2. The van der Waals surface area contributed by atoms with Crippen LogP contribution in [-0.2, 0) is 33.2 Å². The van der Waals surface area contributed by atoms with Crippen LogP contribution in [0.15, 0.2) is 91.0 Å². The number of methoxy groups -OCH3 is 2. The monoisotopic (exact) mass is 1060 g/mol. The number of para-hydroxylation sites is 2. The number of aryl methyl sites for hydroxylation is 1. The molecule has 2 aromatic heterocycles. The fourth-order valence-electron chi connectivity index (χ4n) is 10.0. The van der Waals surface area contributed by atoms with Crippen molar-refractivity contribution in [1.29, 1.82) is 0 Å². The zero-order chi connectivity index (χ0) is 54.1. The molecule has 0 aliphatic carbocycles. The molecule has 4 heterocycles. The van der Waals surface area contributed by atoms with E-state index in [1.807, 2.05) is 42.2 Å². The number of likely N-dealkylation sites (tertiary alicyclic amines) is 2. The first-order valence-electron chi connectivity index (χ1n) is 24.9. The molecule has 4 atom stereocenters. The van der Waals surface area contributed by atoms with E-state index in [9.17, 15) is 32.3 Å². The van der Waals surface area contributed by atoms with E-state index in [1.165, 1.54) is 19.1 Å². The molecule has 2 saturated heterocycles. The van der Waals surface area contributed by atoms with Crippen LogP contribution in [0.3, 0.4) is 0 Å². The number of nitrogens with zero attached hydrogens (tertiary/aromatic N) is 6. The number of halogens is 6. The first kappa shape index (κ1) is 55.4. The van der Waals surface area contributed by atoms with Crippen LogP contribution in [0.2, 0.25) is 0 Å². The average Bonchev–Trinajstić information content (AvgIpc) is 4.17. The summed E-state index contributed by atoms with van der Waals surface area (Å²) < 4.78 is 108. The molecule has 2 fully saturated rings. The predicted molar refractivity (Wildman–Crippen MR) is 272 cm³/mol. The zero-order valence-corrected chi connectivity index (χ0v) is 42.6. The summed E-state index contributed by atoms with van der Waals surface area (Å²) >= 11 is 0. The molecule has 2 aliphatic rings. The molecular weight excluding hydrogens is 999 g/mol. The Morgan fingerprint density at radius 3 is 1.78 bits per heavy atom. The van der Waals surface area contributed by atoms with Crippen LogP contribution in [-0.4, -0.2) is 139 Å². The highest BCUT2D eigenvalue weighted by Crippen LogP contribution is 2.36. The van der Waals surface area contributed by atoms with E-state index in [4.69, 9.17) is 19.3 Å². The van der Waals surface area contributed by atoms with Crippen molar-refractivity contribution < 1.29 is 55.2 Å². The van der Waals surface area contributed by atoms with Gasteiger partial charge in [-0.05, 0) is 91.9 Å². The highest BCUT2D eigenvalue weighted by atomic mass is 19.3. The first-order chi connectivity index (χ1) is 36.6. The molecule has 0 saturated carbocycles. The quantitative estimate of drug-likeness (QED) is 0.0332. The largest absolute Gasteiger partial charge is 0.390 e. The molecule has 6 aromatic rings. The fourth-order valence-corrected chi connectivity index (χ4v) is 10.0. The summed E-state index contributed by atoms with van der Waals surface area (Å²) in [6, 6.07) is 20.6. The number of nitrogens with one attached hydrogen (secondary N) is 4. The number of amides is 4. The number of hydrogen-bond acceptors (Lipinski definition) is 10. The highest BCUT2D eigenvalue weighted by molar-refractivity contribution is 5.90. The Morgan fingerprint density at radius 2 is 1.21 bits per heavy atom. The Bertz CT molecular complexity index is 2930. The smallest absolute Gasteiger partial charge is 0.320 e. The van der Waals surface area contributed by atoms with Crippen LogP contribution in [0.4, 0.5) is 47.6 Å². The summed E-state index contributed by atoms with van der Waals surface area (Å²) in [5.74, 6) is -7.94. The Labute approximate surface area is 436 Å². The normalized spacial score (nSPS) is 18.1. The fraction of sp³-hybridized carbons (Fsp3) is 0.407. The van der Waals surface area contributed by atoms with Crippen LogP contribution in [0, 0.1) is 37.1 Å². The molecular formula is C54H62F6N10O6. The number of anilines is 2. The number of rotatable bonds is 22. The lowest BCUT2D eigenvalue weighted by atomic mass is 9.90. The number of carbonyl (C=O) groups is 2. The van der Waals surface area contributed by atoms with E-state index in [0.717, 1.165) is 22.9 Å². The van der Waals surface area contributed by atoms with Gasteiger partial charge in [0, 0.05) is 89.1 Å². The van der Waals surface area contributed by atoms with E-state index in [2.05, 4.69) is 31.3 Å². The number of aliphatic hydroxyl groups excluding tert-OH is 1. The maximum absolute atomic E-state index is 15.2. The number of carbonyl (C=O) groups excluding carboxylic acids is 2. The third kappa shape index (κ3) is 13.0. The standard InChI is InChI=1S/C54H62F6N10O6/c1-33-46(65-69(39-12-7-5-8-13-39)50(33)63-52(72)61-47-29-67(17-20-74-3)27-42(47)35-22-37(55)25-38(56)23-35)16-11-19-76-31-36-24-44(57)45(58)26-41(36)43-28-68(18-21-75-4)30-48(43)62-53(73)64-51-34(2)49(54(59,60)32-71)66-70(51)40-14-9-6-10-15-40/h5-10,12-15,22-26,42-43,47-48,71H,11,16-21,27-32H2,1-4H3,(H2,61,63,72)(H2,62,64,73). The van der Waals surface area contributed by atoms with Crippen molar-refractivity contribution in [3.8, 4) is 11.4 Å². The van der Waals surface area contributed by atoms with Crippen LogP contribution >= 0.6 is 0 Å². The van der Waals surface area contributed by atoms with Gasteiger partial charge in [-0.3, -0.25) is 20.4 Å². The van der Waals surface area contributed by atoms with Crippen molar-refractivity contribution in [3.05, 3.63) is 153 Å². The van der Waals surface area contributed by atoms with Gasteiger partial charge in [0.05, 0.1) is 49.0 Å². The van der Waals surface area contributed by atoms with Gasteiger partial charge < -0.3 is 30.0 Å². The lowest BCUT2D eigenvalue weighted by Gasteiger charge is -2.23. The van der Waals surface area contributed by atoms with Gasteiger partial charge in [0.2, 0.25) is 0 Å². The molecule has 0 radical (unpaired) electrons. The van der Waals surface area contributed by atoms with Crippen molar-refractivity contribution >= 4 is 23.7 Å². The third-order valence-corrected chi connectivity index (χ3v) is 13.9. The molecule has 0 bridgehead atoms. The Kier molecular flexibility index (Phi) is 18.2. The summed E-state index contributed by atoms with van der Waals surface area (Å²) in [5, 5.41) is 30.1. The Morgan fingerprint density at radius 1 is 0.684 bits per heavy atom. The minimum Gasteiger partial charge on any atom is -0.390 e. The molecule has 4 aromatic carbocycles. The van der Waals surface area contributed by atoms with Crippen molar-refractivity contribution in [3.63, 3.8) is 0 Å². The van der Waals surface area contributed by atoms with E-state index < -0.39 is 77.5 Å². The molecule has 4 amide bonds. The predicted octanol–water partition coefficient (Wildman–Crippen LogP) is 7.94. The topological polar surface area (TPSA) is 172 Å². The molecule has 406 valence electrons. The molecule has 16 nitrogen and oxygen atoms in total. The third-order valence-electron chi connectivity index (χ3n) is 13.9. The maximum Gasteiger partial charge on any atom is 0.320 e. The van der Waals surface area contributed by atoms with E-state index in [1.54, 1.807) is 49.2 Å². The van der Waals surface area contributed by atoms with Crippen LogP contribution in [0.1, 0.15) is 57.5 Å². The SMILES string of the molecule is COCCN1CC(NC(=O)Nc2c(C)c(CCCOCc3cc(F)c(F)cc3C3CN(CCOC)CC3NC(=O)Nc3c(C)c(C(F)(F)CO)nn3-c3ccccc3)nn2-c2ccccc2)C(c2cc(F)cc(F)c2)C1. The molecule has 2 aliphatic heterocycles. The van der Waals surface area contributed by atoms with E-state index >= 15 is 8.78 Å². The van der Waals surface area contributed by atoms with E-state index in [-0.39, 0.29) is 31.1 Å². The van der Waals surface area contributed by atoms with Gasteiger partial charge in [-0.1, -0.05) is 36.4 Å². The van der Waals surface area contributed by atoms with Crippen molar-refractivity contribution in [2.45, 2.75) is 63.1 Å². The minimum absolute atomic E-state index is 0.0544. The first-order valence-corrected chi connectivity index (χ1v) is 24.9. The van der Waals surface area contributed by atoms with Crippen molar-refractivity contribution in [2.24, 2.45) is 0 Å². The Hall–Kier alpha value is -6.82. The lowest BCUT2D eigenvalue weighted by Crippen LogP contribution is -2.43. The number of urea groups is 2. The number of aromatic nitrogens is 4. The molecule has 22 heteroatoms. The van der Waals surface area contributed by atoms with Crippen molar-refractivity contribution in [2.75, 3.05) is 90.5 Å². The van der Waals surface area contributed by atoms with Gasteiger partial charge in [0.25, 0.3) is 0 Å². The van der Waals surface area contributed by atoms with Gasteiger partial charge in [-0.2, -0.15) is 19.0 Å². The molecule has 4 unspecified atom stereocenters. The second kappa shape index (κ2) is 24.9. The molecule has 0 spiro atoms. The maximum atomic E-state index is 15.2.